The fourth-order valence-electron chi connectivity index (χ4n) is 1.82. The lowest BCUT2D eigenvalue weighted by Gasteiger charge is -2.08. The first-order valence-electron chi connectivity index (χ1n) is 6.84. The minimum atomic E-state index is 0.183. The molecule has 0 aromatic carbocycles. The van der Waals surface area contributed by atoms with Crippen LogP contribution in [0.15, 0.2) is 12.3 Å². The van der Waals surface area contributed by atoms with Crippen LogP contribution < -0.4 is 5.73 Å². The van der Waals surface area contributed by atoms with Gasteiger partial charge in [0.25, 0.3) is 0 Å². The topological polar surface area (TPSA) is 60.9 Å². The van der Waals surface area contributed by atoms with Crippen LogP contribution in [0.2, 0.25) is 0 Å². The van der Waals surface area contributed by atoms with Crippen molar-refractivity contribution in [1.82, 2.24) is 9.78 Å². The minimum Gasteiger partial charge on any atom is -0.328 e. The minimum absolute atomic E-state index is 0.183. The molecule has 0 bridgehead atoms. The first-order chi connectivity index (χ1) is 8.52. The van der Waals surface area contributed by atoms with Gasteiger partial charge in [-0.2, -0.15) is 5.10 Å². The Morgan fingerprint density at radius 2 is 2.22 bits per heavy atom. The second-order valence-electron chi connectivity index (χ2n) is 5.13. The van der Waals surface area contributed by atoms with Crippen molar-refractivity contribution in [3.8, 4) is 0 Å². The number of hydrogen-bond donors (Lipinski definition) is 1. The van der Waals surface area contributed by atoms with Gasteiger partial charge in [0.15, 0.2) is 0 Å². The second kappa shape index (κ2) is 7.31. The average Bonchev–Trinajstić information content (AvgIpc) is 2.76. The number of ketones is 1. The van der Waals surface area contributed by atoms with Crippen molar-refractivity contribution >= 4 is 5.78 Å². The van der Waals surface area contributed by atoms with Gasteiger partial charge in [0.2, 0.25) is 0 Å². The average molecular weight is 251 g/mol. The van der Waals surface area contributed by atoms with E-state index in [-0.39, 0.29) is 11.8 Å². The fraction of sp³-hybridized carbons (Fsp3) is 0.714. The summed E-state index contributed by atoms with van der Waals surface area (Å²) in [6.07, 6.45) is 5.85. The third kappa shape index (κ3) is 5.00. The Kier molecular flexibility index (Phi) is 6.05. The van der Waals surface area contributed by atoms with Gasteiger partial charge in [-0.05, 0) is 39.2 Å². The first-order valence-corrected chi connectivity index (χ1v) is 6.84. The molecule has 0 aliphatic carbocycles. The number of aromatic nitrogens is 2. The highest BCUT2D eigenvalue weighted by Gasteiger charge is 2.09. The number of hydrogen-bond acceptors (Lipinski definition) is 3. The molecule has 1 aromatic rings. The normalized spacial score (nSPS) is 14.4. The van der Waals surface area contributed by atoms with Gasteiger partial charge in [0.1, 0.15) is 5.78 Å². The molecule has 2 unspecified atom stereocenters. The number of nitrogens with zero attached hydrogens (tertiary/aromatic N) is 2. The standard InChI is InChI=1S/C14H25N3O/c1-4-12(3)17-9-8-13(16-17)10-14(18)7-5-6-11(2)15/h8-9,11-12H,4-7,10,15H2,1-3H3. The highest BCUT2D eigenvalue weighted by Crippen LogP contribution is 2.10. The van der Waals surface area contributed by atoms with E-state index in [1.165, 1.54) is 0 Å². The van der Waals surface area contributed by atoms with Crippen LogP contribution >= 0.6 is 0 Å². The van der Waals surface area contributed by atoms with Crippen molar-refractivity contribution in [3.05, 3.63) is 18.0 Å². The summed E-state index contributed by atoms with van der Waals surface area (Å²) in [6, 6.07) is 2.52. The molecular weight excluding hydrogens is 226 g/mol. The summed E-state index contributed by atoms with van der Waals surface area (Å²) in [6.45, 7) is 6.23. The third-order valence-corrected chi connectivity index (χ3v) is 3.20. The molecule has 0 amide bonds. The molecule has 0 aliphatic heterocycles. The van der Waals surface area contributed by atoms with Crippen molar-refractivity contribution in [2.45, 2.75) is 65.0 Å². The number of rotatable bonds is 8. The van der Waals surface area contributed by atoms with E-state index >= 15 is 0 Å². The zero-order valence-electron chi connectivity index (χ0n) is 11.7. The van der Waals surface area contributed by atoms with Gasteiger partial charge in [0.05, 0.1) is 12.1 Å². The molecule has 102 valence electrons. The van der Waals surface area contributed by atoms with Crippen LogP contribution in [-0.2, 0) is 11.2 Å². The molecule has 1 heterocycles. The lowest BCUT2D eigenvalue weighted by Crippen LogP contribution is -2.15. The van der Waals surface area contributed by atoms with E-state index in [9.17, 15) is 4.79 Å². The molecule has 0 aliphatic rings. The highest BCUT2D eigenvalue weighted by molar-refractivity contribution is 5.80. The predicted molar refractivity (Wildman–Crippen MR) is 73.4 cm³/mol. The molecule has 0 spiro atoms. The smallest absolute Gasteiger partial charge is 0.138 e. The molecule has 0 saturated heterocycles. The molecular formula is C14H25N3O. The summed E-state index contributed by atoms with van der Waals surface area (Å²) in [4.78, 5) is 11.8. The van der Waals surface area contributed by atoms with Crippen molar-refractivity contribution < 1.29 is 4.79 Å². The Labute approximate surface area is 110 Å². The Hall–Kier alpha value is -1.16. The monoisotopic (exact) mass is 251 g/mol. The van der Waals surface area contributed by atoms with E-state index in [1.807, 2.05) is 23.9 Å². The van der Waals surface area contributed by atoms with Crippen LogP contribution in [0.1, 0.15) is 58.2 Å². The lowest BCUT2D eigenvalue weighted by atomic mass is 10.1. The second-order valence-corrected chi connectivity index (χ2v) is 5.13. The molecule has 18 heavy (non-hydrogen) atoms. The zero-order valence-corrected chi connectivity index (χ0v) is 11.7. The quantitative estimate of drug-likeness (QED) is 0.772. The van der Waals surface area contributed by atoms with Crippen molar-refractivity contribution in [2.75, 3.05) is 0 Å². The molecule has 0 fully saturated rings. The van der Waals surface area contributed by atoms with E-state index in [4.69, 9.17) is 5.73 Å². The Bertz CT molecular complexity index is 371. The van der Waals surface area contributed by atoms with E-state index in [0.29, 0.717) is 18.9 Å². The van der Waals surface area contributed by atoms with Crippen LogP contribution in [0, 0.1) is 0 Å². The molecule has 1 rings (SSSR count). The van der Waals surface area contributed by atoms with Gasteiger partial charge in [-0.1, -0.05) is 6.92 Å². The van der Waals surface area contributed by atoms with Gasteiger partial charge < -0.3 is 5.73 Å². The van der Waals surface area contributed by atoms with Crippen molar-refractivity contribution in [1.29, 1.82) is 0 Å². The number of Topliss-reactive ketones (excluding diaryl/α,β-unsaturated/α-hetero) is 1. The number of carbonyl (C=O) groups is 1. The van der Waals surface area contributed by atoms with Gasteiger partial charge >= 0.3 is 0 Å². The van der Waals surface area contributed by atoms with E-state index in [0.717, 1.165) is 25.0 Å². The van der Waals surface area contributed by atoms with Crippen molar-refractivity contribution in [2.24, 2.45) is 5.73 Å². The summed E-state index contributed by atoms with van der Waals surface area (Å²) in [5.74, 6) is 0.255. The first kappa shape index (κ1) is 14.9. The van der Waals surface area contributed by atoms with Gasteiger partial charge in [0, 0.05) is 24.7 Å². The molecule has 4 nitrogen and oxygen atoms in total. The van der Waals surface area contributed by atoms with Crippen LogP contribution in [0.5, 0.6) is 0 Å². The van der Waals surface area contributed by atoms with Crippen LogP contribution in [0.4, 0.5) is 0 Å². The summed E-state index contributed by atoms with van der Waals surface area (Å²) in [5, 5.41) is 4.44. The van der Waals surface area contributed by atoms with Gasteiger partial charge in [-0.25, -0.2) is 0 Å². The SMILES string of the molecule is CCC(C)n1ccc(CC(=O)CCCC(C)N)n1. The summed E-state index contributed by atoms with van der Waals surface area (Å²) in [5.41, 5.74) is 6.53. The molecule has 4 heteroatoms. The predicted octanol–water partition coefficient (Wildman–Crippen LogP) is 2.48. The molecule has 0 saturated carbocycles. The summed E-state index contributed by atoms with van der Waals surface area (Å²) >= 11 is 0. The maximum atomic E-state index is 11.8. The number of nitrogens with two attached hydrogens (primary N) is 1. The van der Waals surface area contributed by atoms with E-state index in [1.54, 1.807) is 0 Å². The maximum absolute atomic E-state index is 11.8. The Morgan fingerprint density at radius 3 is 2.83 bits per heavy atom. The van der Waals surface area contributed by atoms with Crippen molar-refractivity contribution in [3.63, 3.8) is 0 Å². The molecule has 2 N–H and O–H groups in total. The zero-order chi connectivity index (χ0) is 13.5. The summed E-state index contributed by atoms with van der Waals surface area (Å²) in [7, 11) is 0. The van der Waals surface area contributed by atoms with Crippen LogP contribution in [0.25, 0.3) is 0 Å². The molecule has 0 radical (unpaired) electrons. The lowest BCUT2D eigenvalue weighted by molar-refractivity contribution is -0.118. The van der Waals surface area contributed by atoms with Crippen LogP contribution in [0.3, 0.4) is 0 Å². The van der Waals surface area contributed by atoms with Gasteiger partial charge in [-0.15, -0.1) is 0 Å². The third-order valence-electron chi connectivity index (χ3n) is 3.20. The Balaban J connectivity index is 2.38. The largest absolute Gasteiger partial charge is 0.328 e. The maximum Gasteiger partial charge on any atom is 0.138 e. The highest BCUT2D eigenvalue weighted by atomic mass is 16.1. The van der Waals surface area contributed by atoms with Crippen LogP contribution in [-0.4, -0.2) is 21.6 Å². The molecule has 1 aromatic heterocycles. The van der Waals surface area contributed by atoms with E-state index < -0.39 is 0 Å². The Morgan fingerprint density at radius 1 is 1.50 bits per heavy atom. The summed E-state index contributed by atoms with van der Waals surface area (Å²) < 4.78 is 1.94. The van der Waals surface area contributed by atoms with Gasteiger partial charge in [-0.3, -0.25) is 9.48 Å². The fourth-order valence-corrected chi connectivity index (χ4v) is 1.82. The number of carbonyl (C=O) groups excluding carboxylic acids is 1. The van der Waals surface area contributed by atoms with E-state index in [2.05, 4.69) is 18.9 Å². The molecule has 2 atom stereocenters.